The molecule has 0 aliphatic heterocycles. The maximum Gasteiger partial charge on any atom is 0.389 e. The molecule has 0 aromatic rings. The van der Waals surface area contributed by atoms with Crippen molar-refractivity contribution in [2.75, 3.05) is 0 Å². The molecule has 1 fully saturated rings. The highest BCUT2D eigenvalue weighted by Gasteiger charge is 2.27. The Hall–Kier alpha value is -0.210. The lowest BCUT2D eigenvalue weighted by Gasteiger charge is -2.32. The Labute approximate surface area is 103 Å². The Balaban J connectivity index is 2.02. The summed E-state index contributed by atoms with van der Waals surface area (Å²) >= 11 is 0. The lowest BCUT2D eigenvalue weighted by Crippen LogP contribution is -2.20. The Morgan fingerprint density at radius 3 is 2.18 bits per heavy atom. The summed E-state index contributed by atoms with van der Waals surface area (Å²) in [6, 6.07) is 0. The molecular formula is C14H25F3. The Morgan fingerprint density at radius 2 is 1.71 bits per heavy atom. The zero-order chi connectivity index (χ0) is 12.9. The molecule has 2 unspecified atom stereocenters. The van der Waals surface area contributed by atoms with E-state index in [2.05, 4.69) is 13.8 Å². The fourth-order valence-corrected chi connectivity index (χ4v) is 2.59. The average Bonchev–Trinajstić information content (AvgIpc) is 2.09. The lowest BCUT2D eigenvalue weighted by molar-refractivity contribution is -0.136. The first-order valence-corrected chi connectivity index (χ1v) is 6.95. The second-order valence-corrected chi connectivity index (χ2v) is 5.86. The molecule has 1 rings (SSSR count). The van der Waals surface area contributed by atoms with Gasteiger partial charge in [-0.3, -0.25) is 0 Å². The summed E-state index contributed by atoms with van der Waals surface area (Å²) in [6.45, 7) is 4.39. The second kappa shape index (κ2) is 6.65. The van der Waals surface area contributed by atoms with Crippen molar-refractivity contribution in [1.29, 1.82) is 0 Å². The van der Waals surface area contributed by atoms with Crippen molar-refractivity contribution in [3.8, 4) is 0 Å². The van der Waals surface area contributed by atoms with Gasteiger partial charge in [0, 0.05) is 6.42 Å². The number of halogens is 3. The molecule has 3 heteroatoms. The molecule has 0 aromatic heterocycles. The molecule has 0 aromatic carbocycles. The third kappa shape index (κ3) is 6.32. The monoisotopic (exact) mass is 250 g/mol. The van der Waals surface area contributed by atoms with Crippen LogP contribution in [0.1, 0.15) is 65.2 Å². The van der Waals surface area contributed by atoms with Crippen molar-refractivity contribution in [3.05, 3.63) is 0 Å². The van der Waals surface area contributed by atoms with E-state index >= 15 is 0 Å². The largest absolute Gasteiger partial charge is 0.389 e. The van der Waals surface area contributed by atoms with Gasteiger partial charge in [0.15, 0.2) is 0 Å². The Bertz CT molecular complexity index is 206. The molecule has 0 heterocycles. The van der Waals surface area contributed by atoms with Gasteiger partial charge in [-0.1, -0.05) is 52.4 Å². The van der Waals surface area contributed by atoms with Gasteiger partial charge in [-0.2, -0.15) is 13.2 Å². The highest BCUT2D eigenvalue weighted by molar-refractivity contribution is 4.75. The summed E-state index contributed by atoms with van der Waals surface area (Å²) in [7, 11) is 0. The summed E-state index contributed by atoms with van der Waals surface area (Å²) in [5, 5.41) is 0. The van der Waals surface area contributed by atoms with Crippen LogP contribution in [0.5, 0.6) is 0 Å². The molecule has 0 spiro atoms. The third-order valence-electron chi connectivity index (χ3n) is 4.23. The first-order chi connectivity index (χ1) is 7.88. The smallest absolute Gasteiger partial charge is 0.171 e. The SMILES string of the molecule is CC(CCCC(F)(F)F)CCC(C)C1CCC1. The molecule has 0 nitrogen and oxygen atoms in total. The van der Waals surface area contributed by atoms with E-state index in [0.29, 0.717) is 12.3 Å². The van der Waals surface area contributed by atoms with Crippen LogP contribution < -0.4 is 0 Å². The molecule has 0 amide bonds. The fourth-order valence-electron chi connectivity index (χ4n) is 2.59. The van der Waals surface area contributed by atoms with E-state index in [1.54, 1.807) is 0 Å². The van der Waals surface area contributed by atoms with Crippen LogP contribution in [0.25, 0.3) is 0 Å². The molecule has 0 radical (unpaired) electrons. The van der Waals surface area contributed by atoms with E-state index in [9.17, 15) is 13.2 Å². The molecule has 1 aliphatic carbocycles. The minimum Gasteiger partial charge on any atom is -0.171 e. The van der Waals surface area contributed by atoms with Gasteiger partial charge in [-0.25, -0.2) is 0 Å². The number of alkyl halides is 3. The summed E-state index contributed by atoms with van der Waals surface area (Å²) in [6.07, 6.45) is 2.81. The number of hydrogen-bond donors (Lipinski definition) is 0. The van der Waals surface area contributed by atoms with Gasteiger partial charge in [0.1, 0.15) is 0 Å². The number of rotatable bonds is 7. The maximum atomic E-state index is 12.0. The first-order valence-electron chi connectivity index (χ1n) is 6.95. The lowest BCUT2D eigenvalue weighted by atomic mass is 9.74. The normalized spacial score (nSPS) is 21.0. The highest BCUT2D eigenvalue weighted by atomic mass is 19.4. The van der Waals surface area contributed by atoms with Crippen LogP contribution in [0.2, 0.25) is 0 Å². The van der Waals surface area contributed by atoms with E-state index in [1.807, 2.05) is 0 Å². The third-order valence-corrected chi connectivity index (χ3v) is 4.23. The number of hydrogen-bond acceptors (Lipinski definition) is 0. The maximum absolute atomic E-state index is 12.0. The zero-order valence-corrected chi connectivity index (χ0v) is 11.0. The van der Waals surface area contributed by atoms with Gasteiger partial charge < -0.3 is 0 Å². The molecule has 1 aliphatic rings. The van der Waals surface area contributed by atoms with E-state index < -0.39 is 12.6 Å². The molecule has 0 bridgehead atoms. The van der Waals surface area contributed by atoms with E-state index in [1.165, 1.54) is 25.7 Å². The van der Waals surface area contributed by atoms with Gasteiger partial charge >= 0.3 is 6.18 Å². The summed E-state index contributed by atoms with van der Waals surface area (Å²) in [5.74, 6) is 2.12. The van der Waals surface area contributed by atoms with E-state index in [-0.39, 0.29) is 0 Å². The predicted octanol–water partition coefficient (Wildman–Crippen LogP) is 5.57. The van der Waals surface area contributed by atoms with Gasteiger partial charge in [0.25, 0.3) is 0 Å². The van der Waals surface area contributed by atoms with Crippen LogP contribution in [0.3, 0.4) is 0 Å². The standard InChI is InChI=1S/C14H25F3/c1-11(5-4-10-14(15,16)17)8-9-12(2)13-6-3-7-13/h11-13H,3-10H2,1-2H3. The van der Waals surface area contributed by atoms with Crippen molar-refractivity contribution in [2.24, 2.45) is 17.8 Å². The molecular weight excluding hydrogens is 225 g/mol. The minimum absolute atomic E-state index is 0.294. The van der Waals surface area contributed by atoms with E-state index in [0.717, 1.165) is 24.7 Å². The average molecular weight is 250 g/mol. The van der Waals surface area contributed by atoms with Crippen molar-refractivity contribution in [3.63, 3.8) is 0 Å². The minimum atomic E-state index is -3.97. The van der Waals surface area contributed by atoms with E-state index in [4.69, 9.17) is 0 Å². The summed E-state index contributed by atoms with van der Waals surface area (Å²) < 4.78 is 35.9. The first kappa shape index (κ1) is 14.8. The van der Waals surface area contributed by atoms with Gasteiger partial charge in [-0.05, 0) is 24.2 Å². The molecule has 17 heavy (non-hydrogen) atoms. The molecule has 0 saturated heterocycles. The van der Waals surface area contributed by atoms with Crippen molar-refractivity contribution in [1.82, 2.24) is 0 Å². The molecule has 0 N–H and O–H groups in total. The molecule has 2 atom stereocenters. The zero-order valence-electron chi connectivity index (χ0n) is 11.0. The quantitative estimate of drug-likeness (QED) is 0.554. The topological polar surface area (TPSA) is 0 Å². The van der Waals surface area contributed by atoms with Crippen LogP contribution >= 0.6 is 0 Å². The van der Waals surface area contributed by atoms with Gasteiger partial charge in [0.2, 0.25) is 0 Å². The van der Waals surface area contributed by atoms with Crippen LogP contribution in [-0.4, -0.2) is 6.18 Å². The van der Waals surface area contributed by atoms with Crippen molar-refractivity contribution < 1.29 is 13.2 Å². The summed E-state index contributed by atoms with van der Waals surface area (Å²) in [4.78, 5) is 0. The predicted molar refractivity (Wildman–Crippen MR) is 64.8 cm³/mol. The van der Waals surface area contributed by atoms with Crippen LogP contribution in [-0.2, 0) is 0 Å². The molecule has 1 saturated carbocycles. The fraction of sp³-hybridized carbons (Fsp3) is 1.00. The Kier molecular flexibility index (Phi) is 5.81. The van der Waals surface area contributed by atoms with Crippen LogP contribution in [0, 0.1) is 17.8 Å². The summed E-state index contributed by atoms with van der Waals surface area (Å²) in [5.41, 5.74) is 0. The van der Waals surface area contributed by atoms with Crippen molar-refractivity contribution in [2.45, 2.75) is 71.4 Å². The Morgan fingerprint density at radius 1 is 1.06 bits per heavy atom. The van der Waals surface area contributed by atoms with Crippen LogP contribution in [0.15, 0.2) is 0 Å². The molecule has 102 valence electrons. The van der Waals surface area contributed by atoms with Gasteiger partial charge in [-0.15, -0.1) is 0 Å². The van der Waals surface area contributed by atoms with Crippen molar-refractivity contribution >= 4 is 0 Å². The van der Waals surface area contributed by atoms with Crippen LogP contribution in [0.4, 0.5) is 13.2 Å². The highest BCUT2D eigenvalue weighted by Crippen LogP contribution is 2.36. The second-order valence-electron chi connectivity index (χ2n) is 5.86. The van der Waals surface area contributed by atoms with Gasteiger partial charge in [0.05, 0.1) is 0 Å².